The molecule has 0 saturated heterocycles. The first-order valence-corrected chi connectivity index (χ1v) is 13.3. The molecule has 3 heterocycles. The van der Waals surface area contributed by atoms with Crippen LogP contribution in [0.4, 0.5) is 10.9 Å². The molecule has 1 saturated carbocycles. The summed E-state index contributed by atoms with van der Waals surface area (Å²) >= 11 is 1.01. The summed E-state index contributed by atoms with van der Waals surface area (Å²) in [6, 6.07) is 7.99. The summed E-state index contributed by atoms with van der Waals surface area (Å²) in [5.41, 5.74) is 4.12. The highest BCUT2D eigenvalue weighted by Crippen LogP contribution is 2.43. The zero-order valence-corrected chi connectivity index (χ0v) is 23.3. The summed E-state index contributed by atoms with van der Waals surface area (Å²) in [6.07, 6.45) is 2.86. The lowest BCUT2D eigenvalue weighted by Gasteiger charge is -2.29. The van der Waals surface area contributed by atoms with Crippen molar-refractivity contribution in [3.8, 4) is 33.5 Å². The normalized spacial score (nSPS) is 18.3. The number of nitrogens with two attached hydrogens (primary N) is 1. The van der Waals surface area contributed by atoms with Gasteiger partial charge in [-0.05, 0) is 37.5 Å². The largest absolute Gasteiger partial charge is 0.496 e. The van der Waals surface area contributed by atoms with E-state index in [9.17, 15) is 14.7 Å². The fourth-order valence-electron chi connectivity index (χ4n) is 4.74. The Kier molecular flexibility index (Phi) is 7.92. The van der Waals surface area contributed by atoms with Crippen molar-refractivity contribution >= 4 is 28.2 Å². The predicted octanol–water partition coefficient (Wildman–Crippen LogP) is 2.50. The van der Waals surface area contributed by atoms with Crippen LogP contribution in [-0.2, 0) is 4.74 Å². The Balaban J connectivity index is 1.52. The number of rotatable bonds is 10. The third-order valence-corrected chi connectivity index (χ3v) is 7.56. The van der Waals surface area contributed by atoms with Gasteiger partial charge in [-0.15, -0.1) is 10.2 Å². The van der Waals surface area contributed by atoms with Crippen LogP contribution in [0, 0.1) is 0 Å². The number of ether oxygens (including phenoxy) is 4. The molecule has 0 bridgehead atoms. The van der Waals surface area contributed by atoms with Crippen LogP contribution >= 0.6 is 11.3 Å². The summed E-state index contributed by atoms with van der Waals surface area (Å²) in [7, 11) is 4.43. The number of hydrogen-bond acceptors (Lipinski definition) is 13. The standard InChI is InChI=1S/C26H28N6O8S/c1-36-15-6-4-7-16(37-2)20(15)14-12-17(22(33)29-24-30-31-25(41-24)32-19(27)9-11-28-32)40-23(34)21(14)39-13-26(35)10-5-8-18(26)38-3/h4,6-7,9,11-12,18,35H,5,8,10,13,27H2,1-3H3,(H,29,30,33)/t18-,26+/m0/s1. The van der Waals surface area contributed by atoms with Crippen molar-refractivity contribution in [3.63, 3.8) is 0 Å². The average molecular weight is 585 g/mol. The number of methoxy groups -OCH3 is 3. The van der Waals surface area contributed by atoms with Crippen LogP contribution in [0.3, 0.4) is 0 Å². The van der Waals surface area contributed by atoms with Crippen LogP contribution < -0.4 is 30.9 Å². The lowest BCUT2D eigenvalue weighted by atomic mass is 10.0. The first-order valence-electron chi connectivity index (χ1n) is 12.5. The van der Waals surface area contributed by atoms with Gasteiger partial charge in [-0.25, -0.2) is 4.79 Å². The molecular formula is C26H28N6O8S. The number of aromatic nitrogens is 4. The summed E-state index contributed by atoms with van der Waals surface area (Å²) < 4.78 is 29.2. The molecule has 1 aliphatic carbocycles. The highest BCUT2D eigenvalue weighted by atomic mass is 32.1. The number of nitrogens with zero attached hydrogens (tertiary/aromatic N) is 4. The molecule has 2 atom stereocenters. The molecule has 14 nitrogen and oxygen atoms in total. The van der Waals surface area contributed by atoms with Crippen molar-refractivity contribution in [3.05, 3.63) is 52.7 Å². The molecule has 1 amide bonds. The Morgan fingerprint density at radius 1 is 1.24 bits per heavy atom. The Hall–Kier alpha value is -4.47. The van der Waals surface area contributed by atoms with Crippen LogP contribution in [0.2, 0.25) is 0 Å². The molecule has 0 aliphatic heterocycles. The number of nitrogens with one attached hydrogen (secondary N) is 1. The predicted molar refractivity (Wildman–Crippen MR) is 148 cm³/mol. The summed E-state index contributed by atoms with van der Waals surface area (Å²) in [5.74, 6) is -0.289. The lowest BCUT2D eigenvalue weighted by molar-refractivity contribution is -0.0950. The molecule has 216 valence electrons. The maximum atomic E-state index is 13.3. The number of carbonyl (C=O) groups excluding carboxylic acids is 1. The molecule has 0 unspecified atom stereocenters. The third-order valence-electron chi connectivity index (χ3n) is 6.74. The summed E-state index contributed by atoms with van der Waals surface area (Å²) in [5, 5.41) is 26.1. The van der Waals surface area contributed by atoms with Gasteiger partial charge >= 0.3 is 5.63 Å². The summed E-state index contributed by atoms with van der Waals surface area (Å²) in [6.45, 7) is -0.240. The highest BCUT2D eigenvalue weighted by molar-refractivity contribution is 7.17. The third kappa shape index (κ3) is 5.46. The van der Waals surface area contributed by atoms with E-state index < -0.39 is 23.2 Å². The molecule has 3 aromatic heterocycles. The second-order valence-corrected chi connectivity index (χ2v) is 10.2. The molecule has 5 rings (SSSR count). The Morgan fingerprint density at radius 2 is 2.00 bits per heavy atom. The molecule has 1 fully saturated rings. The van der Waals surface area contributed by atoms with E-state index in [2.05, 4.69) is 20.6 Å². The smallest absolute Gasteiger partial charge is 0.379 e. The van der Waals surface area contributed by atoms with Crippen LogP contribution in [0.1, 0.15) is 29.8 Å². The lowest BCUT2D eigenvalue weighted by Crippen LogP contribution is -2.44. The Bertz CT molecular complexity index is 1600. The van der Waals surface area contributed by atoms with Crippen molar-refractivity contribution in [2.75, 3.05) is 39.0 Å². The van der Waals surface area contributed by atoms with Gasteiger partial charge in [0.05, 0.1) is 32.1 Å². The van der Waals surface area contributed by atoms with E-state index in [1.807, 2.05) is 0 Å². The molecule has 0 spiro atoms. The van der Waals surface area contributed by atoms with Crippen LogP contribution in [0.25, 0.3) is 16.3 Å². The molecule has 15 heteroatoms. The average Bonchev–Trinajstić information content (AvgIpc) is 3.71. The monoisotopic (exact) mass is 584 g/mol. The number of aliphatic hydroxyl groups is 1. The minimum atomic E-state index is -1.31. The van der Waals surface area contributed by atoms with Crippen molar-refractivity contribution < 1.29 is 33.3 Å². The van der Waals surface area contributed by atoms with Crippen molar-refractivity contribution in [1.29, 1.82) is 0 Å². The maximum Gasteiger partial charge on any atom is 0.379 e. The van der Waals surface area contributed by atoms with E-state index in [1.165, 1.54) is 38.3 Å². The molecule has 4 aromatic rings. The zero-order valence-electron chi connectivity index (χ0n) is 22.4. The second kappa shape index (κ2) is 11.6. The number of nitrogen functional groups attached to an aromatic ring is 1. The van der Waals surface area contributed by atoms with Gasteiger partial charge < -0.3 is 34.2 Å². The Morgan fingerprint density at radius 3 is 2.66 bits per heavy atom. The van der Waals surface area contributed by atoms with E-state index in [4.69, 9.17) is 29.1 Å². The highest BCUT2D eigenvalue weighted by Gasteiger charge is 2.43. The minimum Gasteiger partial charge on any atom is -0.496 e. The maximum absolute atomic E-state index is 13.3. The van der Waals surface area contributed by atoms with Gasteiger partial charge in [0.15, 0.2) is 5.76 Å². The number of benzene rings is 1. The Labute approximate surface area is 237 Å². The number of carbonyl (C=O) groups is 1. The SMILES string of the molecule is COc1cccc(OC)c1-c1cc(C(=O)Nc2nnc(-n3nccc3N)s2)oc(=O)c1OC[C@]1(O)CCC[C@@H]1OC. The van der Waals surface area contributed by atoms with Crippen molar-refractivity contribution in [1.82, 2.24) is 20.0 Å². The molecule has 1 aromatic carbocycles. The van der Waals surface area contributed by atoms with Gasteiger partial charge in [0.25, 0.3) is 5.91 Å². The van der Waals surface area contributed by atoms with Gasteiger partial charge in [0, 0.05) is 18.7 Å². The summed E-state index contributed by atoms with van der Waals surface area (Å²) in [4.78, 5) is 26.6. The van der Waals surface area contributed by atoms with Crippen LogP contribution in [0.15, 0.2) is 45.7 Å². The van der Waals surface area contributed by atoms with Gasteiger partial charge in [0.1, 0.15) is 29.5 Å². The van der Waals surface area contributed by atoms with Gasteiger partial charge in [-0.1, -0.05) is 17.4 Å². The molecule has 1 aliphatic rings. The molecule has 4 N–H and O–H groups in total. The molecular weight excluding hydrogens is 556 g/mol. The van der Waals surface area contributed by atoms with Gasteiger partial charge in [0.2, 0.25) is 16.0 Å². The number of hydrogen-bond donors (Lipinski definition) is 3. The first-order chi connectivity index (χ1) is 19.8. The van der Waals surface area contributed by atoms with E-state index in [0.717, 1.165) is 17.8 Å². The van der Waals surface area contributed by atoms with E-state index in [1.54, 1.807) is 24.3 Å². The van der Waals surface area contributed by atoms with E-state index in [-0.39, 0.29) is 28.8 Å². The minimum absolute atomic E-state index is 0.119. The van der Waals surface area contributed by atoms with E-state index in [0.29, 0.717) is 40.9 Å². The second-order valence-electron chi connectivity index (χ2n) is 9.20. The van der Waals surface area contributed by atoms with Crippen LogP contribution in [-0.4, -0.2) is 70.6 Å². The molecule has 0 radical (unpaired) electrons. The van der Waals surface area contributed by atoms with Gasteiger partial charge in [-0.3, -0.25) is 10.1 Å². The van der Waals surface area contributed by atoms with E-state index >= 15 is 0 Å². The number of anilines is 2. The fraction of sp³-hybridized carbons (Fsp3) is 0.346. The van der Waals surface area contributed by atoms with Crippen molar-refractivity contribution in [2.24, 2.45) is 0 Å². The molecule has 41 heavy (non-hydrogen) atoms. The zero-order chi connectivity index (χ0) is 29.1. The number of amides is 1. The van der Waals surface area contributed by atoms with Gasteiger partial charge in [-0.2, -0.15) is 9.78 Å². The van der Waals surface area contributed by atoms with Crippen LogP contribution in [0.5, 0.6) is 17.2 Å². The first kappa shape index (κ1) is 28.1. The quantitative estimate of drug-likeness (QED) is 0.248. The topological polar surface area (TPSA) is 186 Å². The van der Waals surface area contributed by atoms with Crippen molar-refractivity contribution in [2.45, 2.75) is 31.0 Å². The fourth-order valence-corrected chi connectivity index (χ4v) is 5.46.